The number of rotatable bonds is 4. The van der Waals surface area contributed by atoms with Crippen LogP contribution < -0.4 is 5.32 Å². The molecule has 1 aliphatic rings. The number of hydrogen-bond donors (Lipinski definition) is 1. The first kappa shape index (κ1) is 11.5. The molecule has 0 spiro atoms. The number of benzene rings is 1. The summed E-state index contributed by atoms with van der Waals surface area (Å²) in [5, 5.41) is 4.65. The molecule has 0 bridgehead atoms. The minimum atomic E-state index is 0.438. The fraction of sp³-hybridized carbons (Fsp3) is 0.400. The summed E-state index contributed by atoms with van der Waals surface area (Å²) in [6.45, 7) is 2.86. The molecule has 1 aliphatic carbocycles. The maximum absolute atomic E-state index is 5.56. The van der Waals surface area contributed by atoms with Crippen LogP contribution in [-0.2, 0) is 4.74 Å². The third-order valence-corrected chi connectivity index (χ3v) is 3.45. The zero-order chi connectivity index (χ0) is 12.4. The molecule has 0 atom stereocenters. The first-order valence-corrected chi connectivity index (χ1v) is 6.59. The summed E-state index contributed by atoms with van der Waals surface area (Å²) in [4.78, 5) is 4.62. The van der Waals surface area contributed by atoms with Crippen LogP contribution in [0.2, 0.25) is 0 Å². The van der Waals surface area contributed by atoms with Gasteiger partial charge in [-0.3, -0.25) is 0 Å². The van der Waals surface area contributed by atoms with Crippen molar-refractivity contribution in [1.29, 1.82) is 0 Å². The average molecular weight is 242 g/mol. The van der Waals surface area contributed by atoms with Crippen molar-refractivity contribution in [2.45, 2.75) is 31.9 Å². The number of nitrogens with zero attached hydrogens (tertiary/aromatic N) is 1. The lowest BCUT2D eigenvalue weighted by Crippen LogP contribution is -2.40. The highest BCUT2D eigenvalue weighted by atomic mass is 16.5. The lowest BCUT2D eigenvalue weighted by atomic mass is 9.89. The standard InChI is InChI=1S/C15H18N2O/c1-2-18-13-9-12(10-13)16-15-8-7-11-5-3-4-6-14(11)17-15/h3-8,12-13H,2,9-10H2,1H3,(H,16,17). The fourth-order valence-corrected chi connectivity index (χ4v) is 2.41. The van der Waals surface area contributed by atoms with Crippen LogP contribution in [0.3, 0.4) is 0 Å². The summed E-state index contributed by atoms with van der Waals surface area (Å²) < 4.78 is 5.56. The lowest BCUT2D eigenvalue weighted by molar-refractivity contribution is 0.00293. The SMILES string of the molecule is CCOC1CC(Nc2ccc3ccccc3n2)C1. The Morgan fingerprint density at radius 3 is 2.89 bits per heavy atom. The van der Waals surface area contributed by atoms with Crippen molar-refractivity contribution >= 4 is 16.7 Å². The molecule has 1 N–H and O–H groups in total. The topological polar surface area (TPSA) is 34.1 Å². The number of hydrogen-bond acceptors (Lipinski definition) is 3. The minimum Gasteiger partial charge on any atom is -0.378 e. The van der Waals surface area contributed by atoms with Gasteiger partial charge in [0.05, 0.1) is 11.6 Å². The van der Waals surface area contributed by atoms with E-state index in [2.05, 4.69) is 28.5 Å². The molecule has 1 fully saturated rings. The zero-order valence-corrected chi connectivity index (χ0v) is 10.6. The molecule has 3 nitrogen and oxygen atoms in total. The molecule has 1 heterocycles. The Balaban J connectivity index is 1.65. The summed E-state index contributed by atoms with van der Waals surface area (Å²) in [7, 11) is 0. The van der Waals surface area contributed by atoms with Crippen molar-refractivity contribution in [3.63, 3.8) is 0 Å². The molecule has 0 saturated heterocycles. The van der Waals surface area contributed by atoms with Crippen LogP contribution in [0, 0.1) is 0 Å². The monoisotopic (exact) mass is 242 g/mol. The van der Waals surface area contributed by atoms with Crippen molar-refractivity contribution in [3.8, 4) is 0 Å². The Labute approximate surface area is 107 Å². The van der Waals surface area contributed by atoms with Crippen molar-refractivity contribution in [3.05, 3.63) is 36.4 Å². The van der Waals surface area contributed by atoms with Gasteiger partial charge in [0.25, 0.3) is 0 Å². The second-order valence-corrected chi connectivity index (χ2v) is 4.78. The van der Waals surface area contributed by atoms with Gasteiger partial charge in [-0.15, -0.1) is 0 Å². The minimum absolute atomic E-state index is 0.438. The number of fused-ring (bicyclic) bond motifs is 1. The Bertz CT molecular complexity index is 535. The van der Waals surface area contributed by atoms with Gasteiger partial charge in [-0.1, -0.05) is 18.2 Å². The van der Waals surface area contributed by atoms with Gasteiger partial charge in [-0.2, -0.15) is 0 Å². The molecule has 0 unspecified atom stereocenters. The summed E-state index contributed by atoms with van der Waals surface area (Å²) in [6.07, 6.45) is 2.61. The number of aromatic nitrogens is 1. The maximum Gasteiger partial charge on any atom is 0.126 e. The number of para-hydroxylation sites is 1. The molecule has 2 aromatic rings. The largest absolute Gasteiger partial charge is 0.378 e. The van der Waals surface area contributed by atoms with Gasteiger partial charge in [0, 0.05) is 18.0 Å². The van der Waals surface area contributed by atoms with Gasteiger partial charge in [0.2, 0.25) is 0 Å². The van der Waals surface area contributed by atoms with Gasteiger partial charge >= 0.3 is 0 Å². The maximum atomic E-state index is 5.56. The fourth-order valence-electron chi connectivity index (χ4n) is 2.41. The van der Waals surface area contributed by atoms with Crippen LogP contribution in [0.25, 0.3) is 10.9 Å². The molecule has 1 aromatic heterocycles. The molecule has 18 heavy (non-hydrogen) atoms. The highest BCUT2D eigenvalue weighted by molar-refractivity contribution is 5.80. The van der Waals surface area contributed by atoms with Gasteiger partial charge in [-0.25, -0.2) is 4.98 Å². The van der Waals surface area contributed by atoms with Gasteiger partial charge in [0.1, 0.15) is 5.82 Å². The van der Waals surface area contributed by atoms with E-state index in [9.17, 15) is 0 Å². The van der Waals surface area contributed by atoms with Crippen LogP contribution in [0.4, 0.5) is 5.82 Å². The first-order chi connectivity index (χ1) is 8.85. The van der Waals surface area contributed by atoms with E-state index in [1.54, 1.807) is 0 Å². The van der Waals surface area contributed by atoms with Gasteiger partial charge in [0.15, 0.2) is 0 Å². The quantitative estimate of drug-likeness (QED) is 0.894. The molecule has 0 aliphatic heterocycles. The predicted octanol–water partition coefficient (Wildman–Crippen LogP) is 3.21. The lowest BCUT2D eigenvalue weighted by Gasteiger charge is -2.35. The molecule has 3 heteroatoms. The Kier molecular flexibility index (Phi) is 3.15. The summed E-state index contributed by atoms with van der Waals surface area (Å²) in [5.41, 5.74) is 1.04. The van der Waals surface area contributed by atoms with Crippen LogP contribution in [-0.4, -0.2) is 23.7 Å². The molecular weight excluding hydrogens is 224 g/mol. The number of pyridine rings is 1. The molecule has 3 rings (SSSR count). The Morgan fingerprint density at radius 1 is 1.22 bits per heavy atom. The van der Waals surface area contributed by atoms with Gasteiger partial charge < -0.3 is 10.1 Å². The van der Waals surface area contributed by atoms with Crippen LogP contribution >= 0.6 is 0 Å². The van der Waals surface area contributed by atoms with Crippen molar-refractivity contribution in [2.24, 2.45) is 0 Å². The second-order valence-electron chi connectivity index (χ2n) is 4.78. The third-order valence-electron chi connectivity index (χ3n) is 3.45. The predicted molar refractivity (Wildman–Crippen MR) is 73.8 cm³/mol. The molecular formula is C15H18N2O. The van der Waals surface area contributed by atoms with Crippen LogP contribution in [0.15, 0.2) is 36.4 Å². The smallest absolute Gasteiger partial charge is 0.126 e. The third kappa shape index (κ3) is 2.31. The van der Waals surface area contributed by atoms with E-state index in [4.69, 9.17) is 4.74 Å². The molecule has 1 aromatic carbocycles. The van der Waals surface area contributed by atoms with E-state index in [1.165, 1.54) is 5.39 Å². The molecule has 0 radical (unpaired) electrons. The van der Waals surface area contributed by atoms with Crippen molar-refractivity contribution < 1.29 is 4.74 Å². The second kappa shape index (κ2) is 4.94. The van der Waals surface area contributed by atoms with Crippen LogP contribution in [0.5, 0.6) is 0 Å². The summed E-state index contributed by atoms with van der Waals surface area (Å²) in [6, 6.07) is 12.9. The number of nitrogens with one attached hydrogen (secondary N) is 1. The van der Waals surface area contributed by atoms with Gasteiger partial charge in [-0.05, 0) is 38.0 Å². The van der Waals surface area contributed by atoms with Crippen molar-refractivity contribution in [1.82, 2.24) is 4.98 Å². The van der Waals surface area contributed by atoms with Crippen LogP contribution in [0.1, 0.15) is 19.8 Å². The Hall–Kier alpha value is -1.61. The molecule has 0 amide bonds. The molecule has 1 saturated carbocycles. The van der Waals surface area contributed by atoms with Crippen molar-refractivity contribution in [2.75, 3.05) is 11.9 Å². The van der Waals surface area contributed by atoms with E-state index in [0.717, 1.165) is 30.8 Å². The van der Waals surface area contributed by atoms with E-state index in [-0.39, 0.29) is 0 Å². The average Bonchev–Trinajstić information content (AvgIpc) is 2.36. The summed E-state index contributed by atoms with van der Waals surface area (Å²) >= 11 is 0. The number of anilines is 1. The first-order valence-electron chi connectivity index (χ1n) is 6.59. The zero-order valence-electron chi connectivity index (χ0n) is 10.6. The highest BCUT2D eigenvalue weighted by Gasteiger charge is 2.29. The Morgan fingerprint density at radius 2 is 2.06 bits per heavy atom. The summed E-state index contributed by atoms with van der Waals surface area (Å²) in [5.74, 6) is 0.966. The van der Waals surface area contributed by atoms with E-state index in [0.29, 0.717) is 12.1 Å². The van der Waals surface area contributed by atoms with E-state index in [1.807, 2.05) is 25.1 Å². The molecule has 94 valence electrons. The number of ether oxygens (including phenoxy) is 1. The van der Waals surface area contributed by atoms with E-state index >= 15 is 0 Å². The normalized spacial score (nSPS) is 22.7. The highest BCUT2D eigenvalue weighted by Crippen LogP contribution is 2.26. The van der Waals surface area contributed by atoms with E-state index < -0.39 is 0 Å².